The van der Waals surface area contributed by atoms with Gasteiger partial charge in [-0.3, -0.25) is 4.79 Å². The maximum absolute atomic E-state index is 12.5. The average molecular weight is 280 g/mol. The van der Waals surface area contributed by atoms with Gasteiger partial charge >= 0.3 is 0 Å². The fourth-order valence-electron chi connectivity index (χ4n) is 2.74. The number of likely N-dealkylation sites (tertiary alicyclic amines) is 1. The molecule has 1 aliphatic heterocycles. The van der Waals surface area contributed by atoms with Gasteiger partial charge in [0.15, 0.2) is 0 Å². The normalized spacial score (nSPS) is 18.2. The number of carbonyl (C=O) groups excluding carboxylic acids is 1. The highest BCUT2D eigenvalue weighted by Gasteiger charge is 2.27. The summed E-state index contributed by atoms with van der Waals surface area (Å²) in [4.78, 5) is 14.4. The van der Waals surface area contributed by atoms with E-state index in [1.807, 2.05) is 34.7 Å². The van der Waals surface area contributed by atoms with E-state index in [1.54, 1.807) is 7.11 Å². The Kier molecular flexibility index (Phi) is 5.20. The Morgan fingerprint density at radius 2 is 2.20 bits per heavy atom. The molecule has 1 unspecified atom stereocenters. The zero-order valence-electron chi connectivity index (χ0n) is 12.3. The molecule has 0 aliphatic carbocycles. The topological polar surface area (TPSA) is 54.7 Å². The minimum absolute atomic E-state index is 0.0788. The second-order valence-corrected chi connectivity index (χ2v) is 5.45. The van der Waals surface area contributed by atoms with E-state index < -0.39 is 0 Å². The van der Waals surface area contributed by atoms with Crippen molar-refractivity contribution in [3.05, 3.63) is 24.0 Å². The van der Waals surface area contributed by atoms with Crippen LogP contribution in [0.5, 0.6) is 0 Å². The summed E-state index contributed by atoms with van der Waals surface area (Å²) in [6.07, 6.45) is 3.39. The van der Waals surface area contributed by atoms with Crippen LogP contribution in [0.15, 0.2) is 18.3 Å². The Bertz CT molecular complexity index is 434. The molecule has 0 radical (unpaired) electrons. The number of methoxy groups -OCH3 is 1. The molecule has 20 heavy (non-hydrogen) atoms. The summed E-state index contributed by atoms with van der Waals surface area (Å²) in [5.41, 5.74) is 0.720. The zero-order valence-corrected chi connectivity index (χ0v) is 12.3. The molecule has 5 nitrogen and oxygen atoms in total. The summed E-state index contributed by atoms with van der Waals surface area (Å²) in [7, 11) is 1.66. The van der Waals surface area contributed by atoms with E-state index >= 15 is 0 Å². The van der Waals surface area contributed by atoms with Crippen molar-refractivity contribution in [1.82, 2.24) is 9.47 Å². The highest BCUT2D eigenvalue weighted by Crippen LogP contribution is 2.22. The molecule has 1 aromatic rings. The van der Waals surface area contributed by atoms with Crippen LogP contribution in [0.2, 0.25) is 0 Å². The molecule has 0 aromatic carbocycles. The standard InChI is InChI=1S/C15H24N2O3/c1-12(18)13-5-8-17(9-6-13)15(19)14-4-3-7-16(14)10-11-20-2/h3-4,7,12-13,18H,5-6,8-11H2,1-2H3. The van der Waals surface area contributed by atoms with Gasteiger partial charge < -0.3 is 19.3 Å². The number of aromatic nitrogens is 1. The largest absolute Gasteiger partial charge is 0.393 e. The lowest BCUT2D eigenvalue weighted by Gasteiger charge is -2.33. The number of ether oxygens (including phenoxy) is 1. The van der Waals surface area contributed by atoms with E-state index in [-0.39, 0.29) is 12.0 Å². The Morgan fingerprint density at radius 3 is 2.80 bits per heavy atom. The van der Waals surface area contributed by atoms with Crippen LogP contribution < -0.4 is 0 Å². The van der Waals surface area contributed by atoms with Gasteiger partial charge in [0.1, 0.15) is 5.69 Å². The summed E-state index contributed by atoms with van der Waals surface area (Å²) < 4.78 is 7.00. The molecule has 1 saturated heterocycles. The van der Waals surface area contributed by atoms with E-state index in [4.69, 9.17) is 4.74 Å². The summed E-state index contributed by atoms with van der Waals surface area (Å²) in [5.74, 6) is 0.398. The summed E-state index contributed by atoms with van der Waals surface area (Å²) in [6.45, 7) is 4.57. The first-order valence-electron chi connectivity index (χ1n) is 7.25. The van der Waals surface area contributed by atoms with Gasteiger partial charge in [0.2, 0.25) is 0 Å². The number of hydrogen-bond donors (Lipinski definition) is 1. The predicted octanol–water partition coefficient (Wildman–Crippen LogP) is 1.37. The number of aliphatic hydroxyl groups is 1. The SMILES string of the molecule is COCCn1cccc1C(=O)N1CCC(C(C)O)CC1. The van der Waals surface area contributed by atoms with Crippen molar-refractivity contribution in [1.29, 1.82) is 0 Å². The molecular formula is C15H24N2O3. The first kappa shape index (κ1) is 15.1. The third kappa shape index (κ3) is 3.41. The van der Waals surface area contributed by atoms with Crippen LogP contribution in [0.3, 0.4) is 0 Å². The molecule has 1 fully saturated rings. The van der Waals surface area contributed by atoms with Gasteiger partial charge in [-0.05, 0) is 37.8 Å². The zero-order chi connectivity index (χ0) is 14.5. The minimum Gasteiger partial charge on any atom is -0.393 e. The molecule has 2 rings (SSSR count). The van der Waals surface area contributed by atoms with Gasteiger partial charge in [-0.2, -0.15) is 0 Å². The molecule has 0 saturated carbocycles. The van der Waals surface area contributed by atoms with Crippen molar-refractivity contribution >= 4 is 5.91 Å². The molecule has 2 heterocycles. The van der Waals surface area contributed by atoms with Crippen LogP contribution in [0.4, 0.5) is 0 Å². The second-order valence-electron chi connectivity index (χ2n) is 5.45. The fraction of sp³-hybridized carbons (Fsp3) is 0.667. The van der Waals surface area contributed by atoms with Gasteiger partial charge in [-0.15, -0.1) is 0 Å². The lowest BCUT2D eigenvalue weighted by molar-refractivity contribution is 0.0512. The molecule has 1 N–H and O–H groups in total. The van der Waals surface area contributed by atoms with Crippen LogP contribution in [-0.2, 0) is 11.3 Å². The van der Waals surface area contributed by atoms with Crippen molar-refractivity contribution in [2.45, 2.75) is 32.4 Å². The maximum Gasteiger partial charge on any atom is 0.270 e. The number of amides is 1. The lowest BCUT2D eigenvalue weighted by atomic mass is 9.92. The fourth-order valence-corrected chi connectivity index (χ4v) is 2.74. The first-order valence-corrected chi connectivity index (χ1v) is 7.25. The third-order valence-corrected chi connectivity index (χ3v) is 4.09. The number of carbonyl (C=O) groups is 1. The van der Waals surface area contributed by atoms with Crippen LogP contribution in [0.25, 0.3) is 0 Å². The summed E-state index contributed by atoms with van der Waals surface area (Å²) in [5, 5.41) is 9.61. The number of rotatable bonds is 5. The van der Waals surface area contributed by atoms with Crippen LogP contribution in [0, 0.1) is 5.92 Å². The molecule has 1 atom stereocenters. The smallest absolute Gasteiger partial charge is 0.270 e. The molecule has 112 valence electrons. The Hall–Kier alpha value is -1.33. The van der Waals surface area contributed by atoms with E-state index in [2.05, 4.69) is 0 Å². The Morgan fingerprint density at radius 1 is 1.50 bits per heavy atom. The molecule has 0 bridgehead atoms. The molecule has 0 spiro atoms. The molecular weight excluding hydrogens is 256 g/mol. The van der Waals surface area contributed by atoms with Gasteiger partial charge in [0.05, 0.1) is 12.7 Å². The number of nitrogens with zero attached hydrogens (tertiary/aromatic N) is 2. The van der Waals surface area contributed by atoms with Crippen molar-refractivity contribution in [2.75, 3.05) is 26.8 Å². The van der Waals surface area contributed by atoms with E-state index in [9.17, 15) is 9.90 Å². The maximum atomic E-state index is 12.5. The first-order chi connectivity index (χ1) is 9.63. The number of hydrogen-bond acceptors (Lipinski definition) is 3. The van der Waals surface area contributed by atoms with Gasteiger partial charge in [-0.1, -0.05) is 0 Å². The molecule has 5 heteroatoms. The minimum atomic E-state index is -0.280. The Balaban J connectivity index is 1.97. The summed E-state index contributed by atoms with van der Waals surface area (Å²) in [6, 6.07) is 3.75. The monoisotopic (exact) mass is 280 g/mol. The van der Waals surface area contributed by atoms with Crippen molar-refractivity contribution in [3.8, 4) is 0 Å². The van der Waals surface area contributed by atoms with Crippen LogP contribution >= 0.6 is 0 Å². The quantitative estimate of drug-likeness (QED) is 0.886. The molecule has 1 aromatic heterocycles. The van der Waals surface area contributed by atoms with Crippen LogP contribution in [-0.4, -0.2) is 53.4 Å². The molecule has 1 aliphatic rings. The van der Waals surface area contributed by atoms with Crippen molar-refractivity contribution in [3.63, 3.8) is 0 Å². The van der Waals surface area contributed by atoms with Gasteiger partial charge in [-0.25, -0.2) is 0 Å². The number of aliphatic hydroxyl groups excluding tert-OH is 1. The van der Waals surface area contributed by atoms with Crippen molar-refractivity contribution in [2.24, 2.45) is 5.92 Å². The van der Waals surface area contributed by atoms with E-state index in [1.165, 1.54) is 0 Å². The van der Waals surface area contributed by atoms with Crippen LogP contribution in [0.1, 0.15) is 30.3 Å². The summed E-state index contributed by atoms with van der Waals surface area (Å²) >= 11 is 0. The Labute approximate surface area is 120 Å². The highest BCUT2D eigenvalue weighted by atomic mass is 16.5. The van der Waals surface area contributed by atoms with E-state index in [0.29, 0.717) is 19.1 Å². The van der Waals surface area contributed by atoms with Gasteiger partial charge in [0, 0.05) is 32.9 Å². The van der Waals surface area contributed by atoms with E-state index in [0.717, 1.165) is 31.6 Å². The predicted molar refractivity (Wildman–Crippen MR) is 76.6 cm³/mol. The van der Waals surface area contributed by atoms with Crippen molar-refractivity contribution < 1.29 is 14.6 Å². The average Bonchev–Trinajstić information content (AvgIpc) is 2.92. The lowest BCUT2D eigenvalue weighted by Crippen LogP contribution is -2.41. The highest BCUT2D eigenvalue weighted by molar-refractivity contribution is 5.92. The molecule has 1 amide bonds. The third-order valence-electron chi connectivity index (χ3n) is 4.09. The van der Waals surface area contributed by atoms with Gasteiger partial charge in [0.25, 0.3) is 5.91 Å². The second kappa shape index (κ2) is 6.90. The number of piperidine rings is 1.